The molecule has 1 aromatic heterocycles. The van der Waals surface area contributed by atoms with Gasteiger partial charge in [0.15, 0.2) is 17.7 Å². The molecule has 78 heavy (non-hydrogen) atoms. The Kier molecular flexibility index (Phi) is 24.9. The van der Waals surface area contributed by atoms with Crippen molar-refractivity contribution in [3.63, 3.8) is 0 Å². The number of rotatable bonds is 19. The lowest BCUT2D eigenvalue weighted by Gasteiger charge is -2.27. The number of nitriles is 1. The summed E-state index contributed by atoms with van der Waals surface area (Å²) in [5.74, 6) is -10.6. The van der Waals surface area contributed by atoms with Gasteiger partial charge in [0.05, 0.1) is 17.7 Å². The Balaban J connectivity index is 1.81. The van der Waals surface area contributed by atoms with Gasteiger partial charge >= 0.3 is 5.97 Å². The van der Waals surface area contributed by atoms with Gasteiger partial charge in [0.1, 0.15) is 35.7 Å². The van der Waals surface area contributed by atoms with E-state index >= 15 is 0 Å². The normalized spacial score (nSPS) is 20.9. The summed E-state index contributed by atoms with van der Waals surface area (Å²) in [6.07, 6.45) is -0.358. The maximum atomic E-state index is 14.8. The molecular formula is C53H72N14O11. The third-order valence-electron chi connectivity index (χ3n) is 13.2. The third kappa shape index (κ3) is 21.1. The van der Waals surface area contributed by atoms with Crippen molar-refractivity contribution >= 4 is 81.6 Å². The van der Waals surface area contributed by atoms with Crippen LogP contribution in [-0.4, -0.2) is 124 Å². The Morgan fingerprint density at radius 1 is 0.756 bits per heavy atom. The van der Waals surface area contributed by atoms with E-state index in [0.717, 1.165) is 10.9 Å². The van der Waals surface area contributed by atoms with Crippen LogP contribution in [0.15, 0.2) is 64.7 Å². The highest BCUT2D eigenvalue weighted by Gasteiger charge is 2.35. The Bertz CT molecular complexity index is 2730. The van der Waals surface area contributed by atoms with E-state index in [1.807, 2.05) is 24.3 Å². The number of nitrogens with zero attached hydrogens (tertiary/aromatic N) is 3. The summed E-state index contributed by atoms with van der Waals surface area (Å²) in [6.45, 7) is 1.33. The lowest BCUT2D eigenvalue weighted by molar-refractivity contribution is -0.143. The number of carbonyl (C=O) groups excluding carboxylic acids is 9. The SMILES string of the molecule is CC(=O)N[C@@H](CCCN=C(N)N)C(=O)N[C@H]1CCC(=O)CCCC[C@@H](C(=O)O)NC(=O)[C@H](Cc2c[nH]c3ccccc23)CC(=O)[C@H](CCCN=C(N)N)CC(=O)[C@@H](Cc2ccc(C#N)cc2)NC(=O)[C@H](CCC(N)=O)NC1=O. The van der Waals surface area contributed by atoms with E-state index < -0.39 is 121 Å². The summed E-state index contributed by atoms with van der Waals surface area (Å²) < 4.78 is 0. The van der Waals surface area contributed by atoms with Gasteiger partial charge in [-0.1, -0.05) is 36.8 Å². The molecule has 3 aromatic rings. The number of aromatic nitrogens is 1. The molecule has 4 rings (SSSR count). The van der Waals surface area contributed by atoms with Crippen LogP contribution in [0.3, 0.4) is 0 Å². The largest absolute Gasteiger partial charge is 0.480 e. The monoisotopic (exact) mass is 1080 g/mol. The number of hydrogen-bond donors (Lipinski definition) is 12. The number of guanidine groups is 2. The van der Waals surface area contributed by atoms with Gasteiger partial charge in [0, 0.05) is 81.1 Å². The van der Waals surface area contributed by atoms with Crippen molar-refractivity contribution in [3.8, 4) is 6.07 Å². The van der Waals surface area contributed by atoms with Gasteiger partial charge in [-0.2, -0.15) is 5.26 Å². The van der Waals surface area contributed by atoms with Crippen molar-refractivity contribution in [2.45, 2.75) is 140 Å². The Labute approximate surface area is 451 Å². The Morgan fingerprint density at radius 3 is 2.08 bits per heavy atom. The molecule has 420 valence electrons. The number of fused-ring (bicyclic) bond motifs is 1. The molecule has 1 aliphatic heterocycles. The summed E-state index contributed by atoms with van der Waals surface area (Å²) in [4.78, 5) is 148. The van der Waals surface area contributed by atoms with E-state index in [1.165, 1.54) is 19.1 Å². The number of H-pyrrole nitrogens is 1. The molecule has 17 N–H and O–H groups in total. The molecule has 0 spiro atoms. The molecule has 7 atom stereocenters. The fraction of sp³-hybridized carbons (Fsp3) is 0.491. The molecule has 0 radical (unpaired) electrons. The molecule has 0 saturated carbocycles. The number of nitrogens with one attached hydrogen (secondary N) is 6. The standard InChI is InChI=1S/C53H72N14O11/c1-30(68)63-39(13-7-23-61-53(58)59)48(74)64-40-19-18-36(69)9-2-4-12-42(51(77)78)66-47(73)34(25-35-29-62-38-11-5-3-10-37(35)38)27-44(70)33(8-6-22-60-52(56)57)26-45(71)43(24-31-14-16-32(28-54)17-15-31)67-50(76)41(65-49(40)75)20-21-46(55)72/h3,5,10-11,14-17,29,33-34,39-43,62H,2,4,6-9,12-13,18-27H2,1H3,(H2,55,72)(H,63,68)(H,64,74)(H,65,75)(H,66,73)(H,67,76)(H,77,78)(H4,56,57,60)(H4,58,59,61)/t33-,34-,39+,40+,41+,42+,43-/m1/s1. The molecule has 25 heteroatoms. The van der Waals surface area contributed by atoms with Crippen molar-refractivity contribution in [2.75, 3.05) is 13.1 Å². The zero-order valence-corrected chi connectivity index (χ0v) is 43.7. The maximum Gasteiger partial charge on any atom is 0.326 e. The first-order valence-corrected chi connectivity index (χ1v) is 25.9. The highest BCUT2D eigenvalue weighted by molar-refractivity contribution is 5.98. The van der Waals surface area contributed by atoms with E-state index in [4.69, 9.17) is 28.7 Å². The van der Waals surface area contributed by atoms with Crippen molar-refractivity contribution in [2.24, 2.45) is 50.5 Å². The lowest BCUT2D eigenvalue weighted by Crippen LogP contribution is -2.58. The van der Waals surface area contributed by atoms with Crippen LogP contribution in [0.25, 0.3) is 10.9 Å². The molecule has 25 nitrogen and oxygen atoms in total. The third-order valence-corrected chi connectivity index (χ3v) is 13.2. The van der Waals surface area contributed by atoms with Gasteiger partial charge in [-0.15, -0.1) is 0 Å². The number of aromatic amines is 1. The summed E-state index contributed by atoms with van der Waals surface area (Å²) in [6, 6.07) is 8.22. The predicted molar refractivity (Wildman–Crippen MR) is 287 cm³/mol. The molecule has 1 fully saturated rings. The number of primary amides is 1. The number of para-hydroxylation sites is 1. The predicted octanol–water partition coefficient (Wildman–Crippen LogP) is -0.200. The first-order valence-electron chi connectivity index (χ1n) is 25.9. The zero-order valence-electron chi connectivity index (χ0n) is 43.7. The Hall–Kier alpha value is -8.69. The molecule has 6 amide bonds. The van der Waals surface area contributed by atoms with Gasteiger partial charge in [0.2, 0.25) is 35.4 Å². The summed E-state index contributed by atoms with van der Waals surface area (Å²) in [5.41, 5.74) is 29.7. The van der Waals surface area contributed by atoms with Gasteiger partial charge in [-0.25, -0.2) is 4.79 Å². The highest BCUT2D eigenvalue weighted by atomic mass is 16.4. The molecule has 2 heterocycles. The van der Waals surface area contributed by atoms with Crippen LogP contribution in [-0.2, 0) is 60.8 Å². The number of aliphatic carboxylic acids is 1. The minimum absolute atomic E-state index is 0.0123. The number of Topliss-reactive ketones (excluding diaryl/α,β-unsaturated/α-hetero) is 3. The van der Waals surface area contributed by atoms with Crippen molar-refractivity contribution in [1.29, 1.82) is 5.26 Å². The van der Waals surface area contributed by atoms with E-state index in [-0.39, 0.29) is 108 Å². The second kappa shape index (κ2) is 31.4. The van der Waals surface area contributed by atoms with Crippen molar-refractivity contribution < 1.29 is 53.1 Å². The summed E-state index contributed by atoms with van der Waals surface area (Å²) in [7, 11) is 0. The summed E-state index contributed by atoms with van der Waals surface area (Å²) in [5, 5.41) is 33.5. The van der Waals surface area contributed by atoms with Gasteiger partial charge < -0.3 is 65.3 Å². The topological polar surface area (TPSA) is 445 Å². The molecule has 0 bridgehead atoms. The number of hydrogen-bond acceptors (Lipinski definition) is 13. The maximum absolute atomic E-state index is 14.8. The molecule has 0 unspecified atom stereocenters. The van der Waals surface area contributed by atoms with Gasteiger partial charge in [0.25, 0.3) is 0 Å². The second-order valence-electron chi connectivity index (χ2n) is 19.4. The minimum atomic E-state index is -1.59. The van der Waals surface area contributed by atoms with E-state index in [1.54, 1.807) is 24.4 Å². The van der Waals surface area contributed by atoms with Gasteiger partial charge in [-0.3, -0.25) is 53.1 Å². The Morgan fingerprint density at radius 2 is 1.42 bits per heavy atom. The lowest BCUT2D eigenvalue weighted by atomic mass is 9.83. The quantitative estimate of drug-likeness (QED) is 0.0420. The summed E-state index contributed by atoms with van der Waals surface area (Å²) >= 11 is 0. The number of nitrogens with two attached hydrogens (primary N) is 5. The number of carboxylic acid groups (broad SMARTS) is 1. The first-order chi connectivity index (χ1) is 37.1. The van der Waals surface area contributed by atoms with E-state index in [2.05, 4.69) is 41.6 Å². The van der Waals surface area contributed by atoms with Crippen LogP contribution in [0.2, 0.25) is 0 Å². The number of carboxylic acids is 1. The van der Waals surface area contributed by atoms with Crippen LogP contribution < -0.4 is 55.3 Å². The molecular weight excluding hydrogens is 1010 g/mol. The van der Waals surface area contributed by atoms with E-state index in [0.29, 0.717) is 16.7 Å². The van der Waals surface area contributed by atoms with Crippen LogP contribution in [0, 0.1) is 23.2 Å². The zero-order chi connectivity index (χ0) is 57.3. The first kappa shape index (κ1) is 61.9. The number of carbonyl (C=O) groups is 10. The molecule has 2 aromatic carbocycles. The molecule has 1 saturated heterocycles. The van der Waals surface area contributed by atoms with Crippen LogP contribution in [0.4, 0.5) is 0 Å². The average Bonchev–Trinajstić information content (AvgIpc) is 3.81. The van der Waals surface area contributed by atoms with Crippen molar-refractivity contribution in [1.82, 2.24) is 31.6 Å². The van der Waals surface area contributed by atoms with E-state index in [9.17, 15) is 58.3 Å². The minimum Gasteiger partial charge on any atom is -0.480 e. The highest BCUT2D eigenvalue weighted by Crippen LogP contribution is 2.26. The number of amides is 6. The number of aliphatic imine (C=N–C) groups is 2. The van der Waals surface area contributed by atoms with Crippen LogP contribution in [0.5, 0.6) is 0 Å². The molecule has 0 aliphatic carbocycles. The smallest absolute Gasteiger partial charge is 0.326 e. The molecule has 1 aliphatic rings. The number of benzene rings is 2. The average molecular weight is 1080 g/mol. The van der Waals surface area contributed by atoms with Gasteiger partial charge in [-0.05, 0) is 93.5 Å². The van der Waals surface area contributed by atoms with Crippen LogP contribution in [0.1, 0.15) is 114 Å². The number of ketones is 3. The fourth-order valence-corrected chi connectivity index (χ4v) is 9.04. The fourth-order valence-electron chi connectivity index (χ4n) is 9.04. The van der Waals surface area contributed by atoms with Crippen LogP contribution >= 0.6 is 0 Å². The second-order valence-corrected chi connectivity index (χ2v) is 19.4. The van der Waals surface area contributed by atoms with Crippen molar-refractivity contribution in [3.05, 3.63) is 71.4 Å².